The summed E-state index contributed by atoms with van der Waals surface area (Å²) in [6.45, 7) is 1.56. The Morgan fingerprint density at radius 2 is 1.93 bits per heavy atom. The van der Waals surface area contributed by atoms with E-state index >= 15 is 0 Å². The number of thiazole rings is 1. The Labute approximate surface area is 172 Å². The monoisotopic (exact) mass is 404 g/mol. The number of aromatic nitrogens is 3. The number of para-hydroxylation sites is 1. The first-order valence-corrected chi connectivity index (χ1v) is 10.1. The average Bonchev–Trinajstić information content (AvgIpc) is 3.46. The van der Waals surface area contributed by atoms with E-state index in [9.17, 15) is 4.79 Å². The number of nitrogens with zero attached hydrogens (tertiary/aromatic N) is 3. The van der Waals surface area contributed by atoms with Crippen molar-refractivity contribution in [2.24, 2.45) is 0 Å². The first-order chi connectivity index (χ1) is 14.3. The number of hydrogen-bond acceptors (Lipinski definition) is 5. The van der Waals surface area contributed by atoms with Gasteiger partial charge in [-0.1, -0.05) is 36.4 Å². The van der Waals surface area contributed by atoms with Crippen molar-refractivity contribution < 1.29 is 9.53 Å². The van der Waals surface area contributed by atoms with Crippen molar-refractivity contribution >= 4 is 17.2 Å². The van der Waals surface area contributed by atoms with Crippen LogP contribution in [0.4, 0.5) is 0 Å². The second-order valence-corrected chi connectivity index (χ2v) is 7.22. The number of imidazole rings is 1. The standard InChI is InChI=1S/C22H20N4O2S/c27-22(20-3-1-2-4-21(20)28-13-19-14-29-16-25-19)24-11-17-5-7-18(8-6-17)12-26-10-9-23-15-26/h1-10,14-16H,11-13H2,(H,24,27). The lowest BCUT2D eigenvalue weighted by Crippen LogP contribution is -2.23. The fraction of sp³-hybridized carbons (Fsp3) is 0.136. The van der Waals surface area contributed by atoms with Gasteiger partial charge in [-0.2, -0.15) is 0 Å². The van der Waals surface area contributed by atoms with Crippen LogP contribution in [-0.2, 0) is 19.7 Å². The molecule has 2 aromatic heterocycles. The summed E-state index contributed by atoms with van der Waals surface area (Å²) < 4.78 is 7.81. The van der Waals surface area contributed by atoms with Gasteiger partial charge in [0.1, 0.15) is 12.4 Å². The van der Waals surface area contributed by atoms with Gasteiger partial charge in [-0.3, -0.25) is 4.79 Å². The van der Waals surface area contributed by atoms with Crippen LogP contribution >= 0.6 is 11.3 Å². The van der Waals surface area contributed by atoms with Crippen LogP contribution in [0.3, 0.4) is 0 Å². The quantitative estimate of drug-likeness (QED) is 0.484. The maximum Gasteiger partial charge on any atom is 0.255 e. The van der Waals surface area contributed by atoms with E-state index in [1.54, 1.807) is 30.2 Å². The van der Waals surface area contributed by atoms with Crippen molar-refractivity contribution in [2.75, 3.05) is 0 Å². The Kier molecular flexibility index (Phi) is 5.97. The molecule has 0 aliphatic heterocycles. The van der Waals surface area contributed by atoms with Crippen molar-refractivity contribution in [1.82, 2.24) is 19.9 Å². The molecule has 6 nitrogen and oxygen atoms in total. The molecule has 2 heterocycles. The van der Waals surface area contributed by atoms with Gasteiger partial charge in [0.05, 0.1) is 23.1 Å². The first-order valence-electron chi connectivity index (χ1n) is 9.18. The van der Waals surface area contributed by atoms with Crippen molar-refractivity contribution in [3.8, 4) is 5.75 Å². The number of benzene rings is 2. The molecular weight excluding hydrogens is 384 g/mol. The van der Waals surface area contributed by atoms with Crippen LogP contribution < -0.4 is 10.1 Å². The molecule has 0 spiro atoms. The number of carbonyl (C=O) groups excluding carboxylic acids is 1. The Morgan fingerprint density at radius 3 is 2.69 bits per heavy atom. The van der Waals surface area contributed by atoms with Crippen molar-refractivity contribution in [3.05, 3.63) is 101 Å². The summed E-state index contributed by atoms with van der Waals surface area (Å²) in [5, 5.41) is 4.90. The molecule has 0 atom stereocenters. The van der Waals surface area contributed by atoms with E-state index in [2.05, 4.69) is 27.4 Å². The molecule has 0 radical (unpaired) electrons. The molecule has 1 amide bonds. The fourth-order valence-electron chi connectivity index (χ4n) is 2.87. The highest BCUT2D eigenvalue weighted by atomic mass is 32.1. The van der Waals surface area contributed by atoms with Crippen LogP contribution in [0.5, 0.6) is 5.75 Å². The third-order valence-electron chi connectivity index (χ3n) is 4.39. The molecule has 0 fully saturated rings. The van der Waals surface area contributed by atoms with E-state index in [0.29, 0.717) is 24.5 Å². The van der Waals surface area contributed by atoms with Crippen LogP contribution in [0.1, 0.15) is 27.2 Å². The normalized spacial score (nSPS) is 10.6. The van der Waals surface area contributed by atoms with E-state index < -0.39 is 0 Å². The summed E-state index contributed by atoms with van der Waals surface area (Å²) in [6.07, 6.45) is 5.49. The number of ether oxygens (including phenoxy) is 1. The van der Waals surface area contributed by atoms with E-state index in [4.69, 9.17) is 4.74 Å². The SMILES string of the molecule is O=C(NCc1ccc(Cn2ccnc2)cc1)c1ccccc1OCc1cscn1. The number of rotatable bonds is 8. The fourth-order valence-corrected chi connectivity index (χ4v) is 3.41. The molecular formula is C22H20N4O2S. The number of amides is 1. The molecule has 0 aliphatic rings. The minimum absolute atomic E-state index is 0.165. The molecule has 1 N–H and O–H groups in total. The predicted molar refractivity (Wildman–Crippen MR) is 112 cm³/mol. The van der Waals surface area contributed by atoms with Gasteiger partial charge in [-0.25, -0.2) is 9.97 Å². The smallest absolute Gasteiger partial charge is 0.255 e. The lowest BCUT2D eigenvalue weighted by atomic mass is 10.1. The number of nitrogens with one attached hydrogen (secondary N) is 1. The Balaban J connectivity index is 1.34. The number of carbonyl (C=O) groups is 1. The van der Waals surface area contributed by atoms with Gasteiger partial charge in [-0.15, -0.1) is 11.3 Å². The second-order valence-electron chi connectivity index (χ2n) is 6.50. The van der Waals surface area contributed by atoms with E-state index in [1.807, 2.05) is 40.4 Å². The maximum absolute atomic E-state index is 12.7. The van der Waals surface area contributed by atoms with E-state index in [-0.39, 0.29) is 5.91 Å². The van der Waals surface area contributed by atoms with Gasteiger partial charge < -0.3 is 14.6 Å². The molecule has 4 aromatic rings. The van der Waals surface area contributed by atoms with E-state index in [1.165, 1.54) is 16.9 Å². The van der Waals surface area contributed by atoms with Crippen molar-refractivity contribution in [2.45, 2.75) is 19.7 Å². The zero-order valence-corrected chi connectivity index (χ0v) is 16.5. The van der Waals surface area contributed by atoms with Gasteiger partial charge in [0.2, 0.25) is 0 Å². The molecule has 0 unspecified atom stereocenters. The van der Waals surface area contributed by atoms with Crippen molar-refractivity contribution in [1.29, 1.82) is 0 Å². The molecule has 146 valence electrons. The van der Waals surface area contributed by atoms with Gasteiger partial charge >= 0.3 is 0 Å². The van der Waals surface area contributed by atoms with Gasteiger partial charge in [0, 0.05) is 30.9 Å². The van der Waals surface area contributed by atoms with Gasteiger partial charge in [0.25, 0.3) is 5.91 Å². The molecule has 7 heteroatoms. The minimum Gasteiger partial charge on any atom is -0.486 e. The summed E-state index contributed by atoms with van der Waals surface area (Å²) in [4.78, 5) is 20.9. The molecule has 0 aliphatic carbocycles. The molecule has 0 bridgehead atoms. The summed E-state index contributed by atoms with van der Waals surface area (Å²) in [7, 11) is 0. The topological polar surface area (TPSA) is 69.0 Å². The Bertz CT molecular complexity index is 1040. The second kappa shape index (κ2) is 9.16. The van der Waals surface area contributed by atoms with Crippen LogP contribution in [0, 0.1) is 0 Å². The largest absolute Gasteiger partial charge is 0.486 e. The third-order valence-corrected chi connectivity index (χ3v) is 5.03. The predicted octanol–water partition coefficient (Wildman–Crippen LogP) is 3.90. The van der Waals surface area contributed by atoms with Crippen LogP contribution in [-0.4, -0.2) is 20.4 Å². The summed E-state index contributed by atoms with van der Waals surface area (Å²) in [5.74, 6) is 0.384. The highest BCUT2D eigenvalue weighted by molar-refractivity contribution is 7.07. The molecule has 4 rings (SSSR count). The minimum atomic E-state index is -0.165. The zero-order valence-electron chi connectivity index (χ0n) is 15.7. The summed E-state index contributed by atoms with van der Waals surface area (Å²) in [6, 6.07) is 15.4. The Morgan fingerprint density at radius 1 is 1.10 bits per heavy atom. The Hall–Kier alpha value is -3.45. The van der Waals surface area contributed by atoms with E-state index in [0.717, 1.165) is 17.8 Å². The molecule has 29 heavy (non-hydrogen) atoms. The number of hydrogen-bond donors (Lipinski definition) is 1. The molecule has 0 saturated heterocycles. The maximum atomic E-state index is 12.7. The molecule has 0 saturated carbocycles. The molecule has 2 aromatic carbocycles. The highest BCUT2D eigenvalue weighted by Gasteiger charge is 2.12. The highest BCUT2D eigenvalue weighted by Crippen LogP contribution is 2.19. The lowest BCUT2D eigenvalue weighted by Gasteiger charge is -2.11. The lowest BCUT2D eigenvalue weighted by molar-refractivity contribution is 0.0946. The van der Waals surface area contributed by atoms with Gasteiger partial charge in [0.15, 0.2) is 0 Å². The zero-order chi connectivity index (χ0) is 19.9. The van der Waals surface area contributed by atoms with Crippen LogP contribution in [0.2, 0.25) is 0 Å². The first kappa shape index (κ1) is 18.9. The van der Waals surface area contributed by atoms with Crippen LogP contribution in [0.25, 0.3) is 0 Å². The van der Waals surface area contributed by atoms with Crippen molar-refractivity contribution in [3.63, 3.8) is 0 Å². The summed E-state index contributed by atoms with van der Waals surface area (Å²) >= 11 is 1.52. The average molecular weight is 404 g/mol. The third kappa shape index (κ3) is 5.08. The summed E-state index contributed by atoms with van der Waals surface area (Å²) in [5.41, 5.74) is 5.34. The van der Waals surface area contributed by atoms with Crippen LogP contribution in [0.15, 0.2) is 78.1 Å². The van der Waals surface area contributed by atoms with Gasteiger partial charge in [-0.05, 0) is 23.3 Å².